The van der Waals surface area contributed by atoms with E-state index in [2.05, 4.69) is 0 Å². The fourth-order valence-corrected chi connectivity index (χ4v) is 2.46. The number of hydrogen-bond donors (Lipinski definition) is 1. The Bertz CT molecular complexity index is 467. The summed E-state index contributed by atoms with van der Waals surface area (Å²) in [6.45, 7) is 0.777. The molecule has 1 aromatic carbocycles. The molecule has 1 aliphatic rings. The lowest BCUT2D eigenvalue weighted by Crippen LogP contribution is -2.44. The van der Waals surface area contributed by atoms with Crippen LogP contribution in [0.15, 0.2) is 30.3 Å². The number of aliphatic hydroxyl groups excluding tert-OH is 1. The number of piperidine rings is 1. The molecule has 20 heavy (non-hydrogen) atoms. The second kappa shape index (κ2) is 7.10. The van der Waals surface area contributed by atoms with Gasteiger partial charge in [0, 0.05) is 12.6 Å². The van der Waals surface area contributed by atoms with Crippen molar-refractivity contribution in [2.75, 3.05) is 20.3 Å². The number of likely N-dealkylation sites (tertiary alicyclic amines) is 1. The van der Waals surface area contributed by atoms with Crippen LogP contribution in [0.1, 0.15) is 24.8 Å². The minimum absolute atomic E-state index is 0.0282. The zero-order valence-corrected chi connectivity index (χ0v) is 11.8. The maximum atomic E-state index is 12.2. The second-order valence-electron chi connectivity index (χ2n) is 4.97. The number of benzene rings is 1. The molecule has 4 heteroatoms. The highest BCUT2D eigenvalue weighted by atomic mass is 16.5. The minimum Gasteiger partial charge on any atom is -0.497 e. The van der Waals surface area contributed by atoms with Crippen LogP contribution >= 0.6 is 0 Å². The summed E-state index contributed by atoms with van der Waals surface area (Å²) in [5.41, 5.74) is 0.955. The van der Waals surface area contributed by atoms with Gasteiger partial charge in [-0.1, -0.05) is 12.1 Å². The number of methoxy groups -OCH3 is 1. The largest absolute Gasteiger partial charge is 0.497 e. The van der Waals surface area contributed by atoms with Gasteiger partial charge < -0.3 is 14.7 Å². The number of carbonyl (C=O) groups excluding carboxylic acids is 1. The van der Waals surface area contributed by atoms with Crippen molar-refractivity contribution in [1.29, 1.82) is 0 Å². The molecule has 0 bridgehead atoms. The number of rotatable bonds is 4. The van der Waals surface area contributed by atoms with Crippen LogP contribution in [-0.2, 0) is 4.79 Å². The van der Waals surface area contributed by atoms with E-state index < -0.39 is 0 Å². The molecule has 0 aromatic heterocycles. The molecule has 0 aliphatic carbocycles. The normalized spacial score (nSPS) is 19.3. The van der Waals surface area contributed by atoms with E-state index in [0.29, 0.717) is 0 Å². The van der Waals surface area contributed by atoms with Crippen LogP contribution in [0.5, 0.6) is 5.75 Å². The Morgan fingerprint density at radius 2 is 2.15 bits per heavy atom. The van der Waals surface area contributed by atoms with E-state index in [0.717, 1.165) is 37.1 Å². The average Bonchev–Trinajstić information content (AvgIpc) is 2.53. The van der Waals surface area contributed by atoms with Crippen LogP contribution < -0.4 is 4.74 Å². The number of nitrogens with zero attached hydrogens (tertiary/aromatic N) is 1. The van der Waals surface area contributed by atoms with Crippen LogP contribution in [0.4, 0.5) is 0 Å². The minimum atomic E-state index is -0.0308. The van der Waals surface area contributed by atoms with E-state index in [1.54, 1.807) is 24.2 Å². The van der Waals surface area contributed by atoms with Gasteiger partial charge in [0.1, 0.15) is 5.75 Å². The van der Waals surface area contributed by atoms with E-state index >= 15 is 0 Å². The highest BCUT2D eigenvalue weighted by Crippen LogP contribution is 2.17. The predicted molar refractivity (Wildman–Crippen MR) is 78.5 cm³/mol. The summed E-state index contributed by atoms with van der Waals surface area (Å²) in [5.74, 6) is 0.768. The molecule has 0 saturated carbocycles. The number of amides is 1. The summed E-state index contributed by atoms with van der Waals surface area (Å²) >= 11 is 0. The van der Waals surface area contributed by atoms with Crippen molar-refractivity contribution in [2.45, 2.75) is 25.3 Å². The molecule has 1 heterocycles. The quantitative estimate of drug-likeness (QED) is 0.856. The molecule has 1 aliphatic heterocycles. The van der Waals surface area contributed by atoms with Gasteiger partial charge in [0.05, 0.1) is 19.8 Å². The van der Waals surface area contributed by atoms with Crippen LogP contribution in [0.25, 0.3) is 6.08 Å². The maximum Gasteiger partial charge on any atom is 0.246 e. The lowest BCUT2D eigenvalue weighted by Gasteiger charge is -2.33. The summed E-state index contributed by atoms with van der Waals surface area (Å²) in [4.78, 5) is 13.9. The van der Waals surface area contributed by atoms with Crippen LogP contribution in [0, 0.1) is 0 Å². The van der Waals surface area contributed by atoms with Gasteiger partial charge in [0.2, 0.25) is 5.91 Å². The first-order chi connectivity index (χ1) is 9.74. The molecule has 108 valence electrons. The van der Waals surface area contributed by atoms with Crippen molar-refractivity contribution in [3.63, 3.8) is 0 Å². The number of aliphatic hydroxyl groups is 1. The Labute approximate surface area is 119 Å². The van der Waals surface area contributed by atoms with E-state index in [4.69, 9.17) is 4.74 Å². The maximum absolute atomic E-state index is 12.2. The van der Waals surface area contributed by atoms with Crippen molar-refractivity contribution in [3.8, 4) is 5.75 Å². The molecular weight excluding hydrogens is 254 g/mol. The first-order valence-electron chi connectivity index (χ1n) is 6.98. The van der Waals surface area contributed by atoms with Gasteiger partial charge in [-0.3, -0.25) is 4.79 Å². The molecule has 1 atom stereocenters. The first kappa shape index (κ1) is 14.6. The molecule has 4 nitrogen and oxygen atoms in total. The number of carbonyl (C=O) groups is 1. The third kappa shape index (κ3) is 3.61. The molecule has 2 rings (SSSR count). The van der Waals surface area contributed by atoms with Crippen molar-refractivity contribution in [2.24, 2.45) is 0 Å². The van der Waals surface area contributed by atoms with E-state index in [1.807, 2.05) is 24.3 Å². The van der Waals surface area contributed by atoms with Gasteiger partial charge in [-0.25, -0.2) is 0 Å². The summed E-state index contributed by atoms with van der Waals surface area (Å²) < 4.78 is 5.09. The Morgan fingerprint density at radius 3 is 2.80 bits per heavy atom. The van der Waals surface area contributed by atoms with E-state index in [1.165, 1.54) is 0 Å². The Balaban J connectivity index is 2.00. The monoisotopic (exact) mass is 275 g/mol. The van der Waals surface area contributed by atoms with Crippen molar-refractivity contribution >= 4 is 12.0 Å². The van der Waals surface area contributed by atoms with Crippen molar-refractivity contribution < 1.29 is 14.6 Å². The van der Waals surface area contributed by atoms with E-state index in [-0.39, 0.29) is 18.6 Å². The fourth-order valence-electron chi connectivity index (χ4n) is 2.46. The highest BCUT2D eigenvalue weighted by molar-refractivity contribution is 5.92. The smallest absolute Gasteiger partial charge is 0.246 e. The molecule has 1 amide bonds. The zero-order valence-electron chi connectivity index (χ0n) is 11.8. The molecule has 1 unspecified atom stereocenters. The van der Waals surface area contributed by atoms with Gasteiger partial charge in [0.15, 0.2) is 0 Å². The number of hydrogen-bond acceptors (Lipinski definition) is 3. The highest BCUT2D eigenvalue weighted by Gasteiger charge is 2.24. The number of ether oxygens (including phenoxy) is 1. The molecule has 0 radical (unpaired) electrons. The average molecular weight is 275 g/mol. The van der Waals surface area contributed by atoms with Crippen LogP contribution in [-0.4, -0.2) is 42.2 Å². The lowest BCUT2D eigenvalue weighted by molar-refractivity contribution is -0.130. The summed E-state index contributed by atoms with van der Waals surface area (Å²) in [6, 6.07) is 7.50. The van der Waals surface area contributed by atoms with Gasteiger partial charge in [0.25, 0.3) is 0 Å². The Kier molecular flexibility index (Phi) is 5.18. The predicted octanol–water partition coefficient (Wildman–Crippen LogP) is 2.08. The molecule has 1 aromatic rings. The molecule has 1 fully saturated rings. The first-order valence-corrected chi connectivity index (χ1v) is 6.98. The fraction of sp³-hybridized carbons (Fsp3) is 0.438. The summed E-state index contributed by atoms with van der Waals surface area (Å²) in [6.07, 6.45) is 6.36. The van der Waals surface area contributed by atoms with Gasteiger partial charge in [-0.2, -0.15) is 0 Å². The van der Waals surface area contributed by atoms with E-state index in [9.17, 15) is 9.90 Å². The van der Waals surface area contributed by atoms with Gasteiger partial charge in [-0.05, 0) is 43.0 Å². The second-order valence-corrected chi connectivity index (χ2v) is 4.97. The summed E-state index contributed by atoms with van der Waals surface area (Å²) in [5, 5.41) is 9.32. The van der Waals surface area contributed by atoms with Crippen molar-refractivity contribution in [3.05, 3.63) is 35.9 Å². The van der Waals surface area contributed by atoms with Crippen LogP contribution in [0.2, 0.25) is 0 Å². The third-order valence-electron chi connectivity index (χ3n) is 3.66. The lowest BCUT2D eigenvalue weighted by atomic mass is 10.0. The zero-order chi connectivity index (χ0) is 14.4. The Hall–Kier alpha value is -1.81. The molecular formula is C16H21NO3. The third-order valence-corrected chi connectivity index (χ3v) is 3.66. The topological polar surface area (TPSA) is 49.8 Å². The van der Waals surface area contributed by atoms with Gasteiger partial charge in [-0.15, -0.1) is 0 Å². The molecule has 1 saturated heterocycles. The molecule has 0 spiro atoms. The van der Waals surface area contributed by atoms with Crippen molar-refractivity contribution in [1.82, 2.24) is 4.90 Å². The Morgan fingerprint density at radius 1 is 1.40 bits per heavy atom. The molecule has 1 N–H and O–H groups in total. The summed E-state index contributed by atoms with van der Waals surface area (Å²) in [7, 11) is 1.62. The SMILES string of the molecule is COc1ccc(/C=C/C(=O)N2CCCCC2CO)cc1. The van der Waals surface area contributed by atoms with Crippen LogP contribution in [0.3, 0.4) is 0 Å². The van der Waals surface area contributed by atoms with Gasteiger partial charge >= 0.3 is 0 Å². The standard InChI is InChI=1S/C16H21NO3/c1-20-15-8-5-13(6-9-15)7-10-16(19)17-11-3-2-4-14(17)12-18/h5-10,14,18H,2-4,11-12H2,1H3/b10-7+.